The average molecular weight is 287 g/mol. The second-order valence-electron chi connectivity index (χ2n) is 3.25. The van der Waals surface area contributed by atoms with Crippen molar-refractivity contribution in [2.75, 3.05) is 19.8 Å². The summed E-state index contributed by atoms with van der Waals surface area (Å²) in [5.74, 6) is -0.131. The van der Waals surface area contributed by atoms with Crippen LogP contribution in [-0.4, -0.2) is 25.7 Å². The lowest BCUT2D eigenvalue weighted by atomic mass is 10.2. The maximum Gasteiger partial charge on any atom is 0.246 e. The van der Waals surface area contributed by atoms with Gasteiger partial charge in [0.05, 0.1) is 6.61 Å². The first kappa shape index (κ1) is 13.2. The van der Waals surface area contributed by atoms with Gasteiger partial charge < -0.3 is 15.8 Å². The molecule has 0 aliphatic rings. The molecule has 4 nitrogen and oxygen atoms in total. The predicted octanol–water partition coefficient (Wildman–Crippen LogP) is 1.04. The highest BCUT2D eigenvalue weighted by molar-refractivity contribution is 9.10. The Morgan fingerprint density at radius 1 is 1.50 bits per heavy atom. The first-order chi connectivity index (χ1) is 7.72. The van der Waals surface area contributed by atoms with Crippen LogP contribution in [-0.2, 0) is 16.1 Å². The summed E-state index contributed by atoms with van der Waals surface area (Å²) in [6, 6.07) is 7.78. The number of hydrogen-bond acceptors (Lipinski definition) is 3. The van der Waals surface area contributed by atoms with Crippen molar-refractivity contribution >= 4 is 21.8 Å². The summed E-state index contributed by atoms with van der Waals surface area (Å²) in [7, 11) is 0. The van der Waals surface area contributed by atoms with Crippen molar-refractivity contribution in [2.45, 2.75) is 6.54 Å². The van der Waals surface area contributed by atoms with Crippen LogP contribution in [0.5, 0.6) is 0 Å². The first-order valence-corrected chi connectivity index (χ1v) is 5.80. The van der Waals surface area contributed by atoms with E-state index in [-0.39, 0.29) is 12.5 Å². The van der Waals surface area contributed by atoms with Crippen LogP contribution in [0.4, 0.5) is 0 Å². The minimum Gasteiger partial charge on any atom is -0.370 e. The lowest BCUT2D eigenvalue weighted by molar-refractivity contribution is -0.125. The van der Waals surface area contributed by atoms with Gasteiger partial charge in [0.15, 0.2) is 0 Å². The molecule has 1 amide bonds. The van der Waals surface area contributed by atoms with E-state index in [1.807, 2.05) is 24.3 Å². The largest absolute Gasteiger partial charge is 0.370 e. The summed E-state index contributed by atoms with van der Waals surface area (Å²) in [5, 5.41) is 2.76. The Bertz CT molecular complexity index is 345. The highest BCUT2D eigenvalue weighted by Gasteiger charge is 2.01. The van der Waals surface area contributed by atoms with Gasteiger partial charge in [-0.3, -0.25) is 4.79 Å². The normalized spacial score (nSPS) is 10.1. The number of amides is 1. The molecular formula is C11H15BrN2O2. The molecule has 0 aliphatic heterocycles. The Kier molecular flexibility index (Phi) is 6.07. The number of benzene rings is 1. The molecule has 0 heterocycles. The van der Waals surface area contributed by atoms with E-state index in [1.54, 1.807) is 0 Å². The van der Waals surface area contributed by atoms with Crippen molar-refractivity contribution in [3.8, 4) is 0 Å². The van der Waals surface area contributed by atoms with Crippen LogP contribution < -0.4 is 11.1 Å². The maximum absolute atomic E-state index is 11.3. The lowest BCUT2D eigenvalue weighted by Gasteiger charge is -2.06. The molecule has 1 rings (SSSR count). The molecule has 88 valence electrons. The van der Waals surface area contributed by atoms with Crippen LogP contribution in [0.25, 0.3) is 0 Å². The van der Waals surface area contributed by atoms with Crippen LogP contribution >= 0.6 is 15.9 Å². The van der Waals surface area contributed by atoms with Gasteiger partial charge in [0.25, 0.3) is 0 Å². The topological polar surface area (TPSA) is 64.3 Å². The zero-order valence-electron chi connectivity index (χ0n) is 8.91. The minimum absolute atomic E-state index is 0.0607. The molecular weight excluding hydrogens is 272 g/mol. The van der Waals surface area contributed by atoms with Crippen LogP contribution in [0.15, 0.2) is 28.7 Å². The van der Waals surface area contributed by atoms with Crippen LogP contribution in [0.1, 0.15) is 5.56 Å². The van der Waals surface area contributed by atoms with Crippen molar-refractivity contribution in [2.24, 2.45) is 5.73 Å². The van der Waals surface area contributed by atoms with Gasteiger partial charge in [-0.1, -0.05) is 28.1 Å². The van der Waals surface area contributed by atoms with Crippen molar-refractivity contribution in [3.63, 3.8) is 0 Å². The standard InChI is InChI=1S/C11H15BrN2O2/c12-10-3-1-2-9(6-10)7-14-11(15)8-16-5-4-13/h1-3,6H,4-5,7-8,13H2,(H,14,15). The molecule has 1 aromatic rings. The zero-order valence-corrected chi connectivity index (χ0v) is 10.5. The van der Waals surface area contributed by atoms with E-state index in [2.05, 4.69) is 21.2 Å². The molecule has 16 heavy (non-hydrogen) atoms. The number of carbonyl (C=O) groups excluding carboxylic acids is 1. The van der Waals surface area contributed by atoms with E-state index in [0.29, 0.717) is 19.7 Å². The Morgan fingerprint density at radius 3 is 3.00 bits per heavy atom. The Hall–Kier alpha value is -0.910. The van der Waals surface area contributed by atoms with Gasteiger partial charge in [-0.15, -0.1) is 0 Å². The summed E-state index contributed by atoms with van der Waals surface area (Å²) >= 11 is 3.37. The zero-order chi connectivity index (χ0) is 11.8. The molecule has 0 atom stereocenters. The van der Waals surface area contributed by atoms with Crippen molar-refractivity contribution in [1.82, 2.24) is 5.32 Å². The fraction of sp³-hybridized carbons (Fsp3) is 0.364. The van der Waals surface area contributed by atoms with E-state index in [0.717, 1.165) is 10.0 Å². The Balaban J connectivity index is 2.26. The number of nitrogens with two attached hydrogens (primary N) is 1. The maximum atomic E-state index is 11.3. The number of carbonyl (C=O) groups is 1. The average Bonchev–Trinajstić information content (AvgIpc) is 2.27. The molecule has 5 heteroatoms. The van der Waals surface area contributed by atoms with Gasteiger partial charge in [-0.05, 0) is 17.7 Å². The molecule has 1 aromatic carbocycles. The number of hydrogen-bond donors (Lipinski definition) is 2. The third-order valence-electron chi connectivity index (χ3n) is 1.87. The molecule has 0 saturated heterocycles. The van der Waals surface area contributed by atoms with Gasteiger partial charge in [-0.25, -0.2) is 0 Å². The second kappa shape index (κ2) is 7.38. The van der Waals surface area contributed by atoms with E-state index in [4.69, 9.17) is 10.5 Å². The van der Waals surface area contributed by atoms with Crippen LogP contribution in [0, 0.1) is 0 Å². The minimum atomic E-state index is -0.131. The third kappa shape index (κ3) is 5.25. The quantitative estimate of drug-likeness (QED) is 0.768. The second-order valence-corrected chi connectivity index (χ2v) is 4.16. The molecule has 3 N–H and O–H groups in total. The molecule has 0 spiro atoms. The highest BCUT2D eigenvalue weighted by atomic mass is 79.9. The van der Waals surface area contributed by atoms with Gasteiger partial charge >= 0.3 is 0 Å². The smallest absolute Gasteiger partial charge is 0.246 e. The number of ether oxygens (including phenoxy) is 1. The molecule has 0 radical (unpaired) electrons. The lowest BCUT2D eigenvalue weighted by Crippen LogP contribution is -2.28. The van der Waals surface area contributed by atoms with Gasteiger partial charge in [0.2, 0.25) is 5.91 Å². The van der Waals surface area contributed by atoms with Crippen LogP contribution in [0.3, 0.4) is 0 Å². The molecule has 0 fully saturated rings. The molecule has 0 saturated carbocycles. The summed E-state index contributed by atoms with van der Waals surface area (Å²) in [4.78, 5) is 11.3. The fourth-order valence-electron chi connectivity index (χ4n) is 1.15. The number of halogens is 1. The van der Waals surface area contributed by atoms with Crippen molar-refractivity contribution in [3.05, 3.63) is 34.3 Å². The predicted molar refractivity (Wildman–Crippen MR) is 65.9 cm³/mol. The van der Waals surface area contributed by atoms with Gasteiger partial charge in [0, 0.05) is 17.6 Å². The van der Waals surface area contributed by atoms with Crippen molar-refractivity contribution in [1.29, 1.82) is 0 Å². The molecule has 0 bridgehead atoms. The summed E-state index contributed by atoms with van der Waals surface area (Å²) in [6.45, 7) is 1.40. The monoisotopic (exact) mass is 286 g/mol. The van der Waals surface area contributed by atoms with Gasteiger partial charge in [0.1, 0.15) is 6.61 Å². The SMILES string of the molecule is NCCOCC(=O)NCc1cccc(Br)c1. The van der Waals surface area contributed by atoms with E-state index < -0.39 is 0 Å². The van der Waals surface area contributed by atoms with E-state index in [9.17, 15) is 4.79 Å². The highest BCUT2D eigenvalue weighted by Crippen LogP contribution is 2.11. The van der Waals surface area contributed by atoms with Crippen LogP contribution in [0.2, 0.25) is 0 Å². The number of rotatable bonds is 6. The van der Waals surface area contributed by atoms with Gasteiger partial charge in [-0.2, -0.15) is 0 Å². The Labute approximate surface area is 103 Å². The first-order valence-electron chi connectivity index (χ1n) is 5.01. The van der Waals surface area contributed by atoms with E-state index in [1.165, 1.54) is 0 Å². The third-order valence-corrected chi connectivity index (χ3v) is 2.37. The summed E-state index contributed by atoms with van der Waals surface area (Å²) in [5.41, 5.74) is 6.28. The molecule has 0 aromatic heterocycles. The fourth-order valence-corrected chi connectivity index (χ4v) is 1.59. The van der Waals surface area contributed by atoms with Crippen molar-refractivity contribution < 1.29 is 9.53 Å². The molecule has 0 unspecified atom stereocenters. The molecule has 0 aliphatic carbocycles. The Morgan fingerprint density at radius 2 is 2.31 bits per heavy atom. The van der Waals surface area contributed by atoms with E-state index >= 15 is 0 Å². The summed E-state index contributed by atoms with van der Waals surface area (Å²) < 4.78 is 6.01. The number of nitrogens with one attached hydrogen (secondary N) is 1. The summed E-state index contributed by atoms with van der Waals surface area (Å²) in [6.07, 6.45) is 0.